The highest BCUT2D eigenvalue weighted by atomic mass is 16.5. The van der Waals surface area contributed by atoms with Crippen molar-refractivity contribution < 1.29 is 9.47 Å². The largest absolute Gasteiger partial charge is 0.457 e. The molecule has 4 heterocycles. The maximum absolute atomic E-state index is 6.86. The quantitative estimate of drug-likeness (QED) is 0.151. The normalized spacial score (nSPS) is 15.1. The van der Waals surface area contributed by atoms with Crippen LogP contribution in [0.1, 0.15) is 62.8 Å². The van der Waals surface area contributed by atoms with Crippen LogP contribution in [0.3, 0.4) is 0 Å². The van der Waals surface area contributed by atoms with Crippen LogP contribution in [0, 0.1) is 0 Å². The zero-order valence-corrected chi connectivity index (χ0v) is 41.0. The first-order valence-electron chi connectivity index (χ1n) is 25.1. The van der Waals surface area contributed by atoms with Gasteiger partial charge in [0, 0.05) is 38.1 Å². The van der Waals surface area contributed by atoms with E-state index in [4.69, 9.17) is 29.6 Å². The lowest BCUT2D eigenvalue weighted by Crippen LogP contribution is -2.27. The van der Waals surface area contributed by atoms with Crippen LogP contribution in [0.4, 0.5) is 0 Å². The molecule has 0 atom stereocenters. The van der Waals surface area contributed by atoms with Gasteiger partial charge in [0.2, 0.25) is 0 Å². The molecule has 8 aromatic carbocycles. The van der Waals surface area contributed by atoms with Crippen molar-refractivity contribution in [2.24, 2.45) is 0 Å². The molecule has 0 aliphatic heterocycles. The van der Waals surface area contributed by atoms with Gasteiger partial charge in [0.05, 0.1) is 22.4 Å². The smallest absolute Gasteiger partial charge is 0.164 e. The van der Waals surface area contributed by atoms with E-state index in [1.807, 2.05) is 94.3 Å². The zero-order chi connectivity index (χ0) is 49.1. The second-order valence-electron chi connectivity index (χ2n) is 21.2. The molecular weight excluding hydrogens is 897 g/mol. The predicted octanol–water partition coefficient (Wildman–Crippen LogP) is 16.0. The van der Waals surface area contributed by atoms with Gasteiger partial charge in [0.1, 0.15) is 34.4 Å². The van der Waals surface area contributed by atoms with E-state index in [2.05, 4.69) is 149 Å². The van der Waals surface area contributed by atoms with Crippen molar-refractivity contribution in [3.63, 3.8) is 0 Å². The fraction of sp³-hybridized carbons (Fsp3) is 0.138. The Morgan fingerprint density at radius 2 is 0.753 bits per heavy atom. The van der Waals surface area contributed by atoms with Gasteiger partial charge in [0.15, 0.2) is 11.3 Å². The Bertz CT molecular complexity index is 3870. The molecule has 1 spiro atoms. The van der Waals surface area contributed by atoms with Crippen LogP contribution in [-0.2, 0) is 16.2 Å². The molecule has 8 nitrogen and oxygen atoms in total. The van der Waals surface area contributed by atoms with Crippen molar-refractivity contribution in [2.75, 3.05) is 0 Å². The Morgan fingerprint density at radius 1 is 0.384 bits per heavy atom. The van der Waals surface area contributed by atoms with E-state index in [0.29, 0.717) is 0 Å². The van der Waals surface area contributed by atoms with Crippen molar-refractivity contribution in [2.45, 2.75) is 56.8 Å². The number of rotatable bonds is 8. The molecule has 0 fully saturated rings. The topological polar surface area (TPSA) is 79.9 Å². The van der Waals surface area contributed by atoms with Gasteiger partial charge in [-0.25, -0.2) is 19.3 Å². The number of fused-ring (bicyclic) bond motifs is 8. The minimum atomic E-state index is -0.242. The van der Waals surface area contributed by atoms with Crippen LogP contribution >= 0.6 is 0 Å². The minimum Gasteiger partial charge on any atom is -0.457 e. The molecule has 14 rings (SSSR count). The van der Waals surface area contributed by atoms with E-state index in [9.17, 15) is 0 Å². The number of aromatic nitrogens is 6. The van der Waals surface area contributed by atoms with Crippen LogP contribution in [0.25, 0.3) is 77.8 Å². The Hall–Kier alpha value is -8.88. The average molecular weight is 947 g/mol. The van der Waals surface area contributed by atoms with Gasteiger partial charge in [-0.2, -0.15) is 10.2 Å². The molecule has 0 saturated heterocycles. The number of nitrogens with zero attached hydrogens (tertiary/aromatic N) is 6. The first-order valence-corrected chi connectivity index (χ1v) is 25.1. The summed E-state index contributed by atoms with van der Waals surface area (Å²) in [7, 11) is 0. The number of pyridine rings is 2. The summed E-state index contributed by atoms with van der Waals surface area (Å²) >= 11 is 0. The maximum Gasteiger partial charge on any atom is 0.164 e. The molecule has 2 aliphatic carbocycles. The third-order valence-corrected chi connectivity index (χ3v) is 15.4. The van der Waals surface area contributed by atoms with Crippen molar-refractivity contribution in [1.82, 2.24) is 29.5 Å². The Labute approximate surface area is 423 Å². The number of hydrogen-bond acceptors (Lipinski definition) is 6. The van der Waals surface area contributed by atoms with Crippen molar-refractivity contribution in [1.29, 1.82) is 0 Å². The van der Waals surface area contributed by atoms with E-state index in [-0.39, 0.29) is 16.2 Å². The van der Waals surface area contributed by atoms with Crippen molar-refractivity contribution >= 4 is 43.9 Å². The molecule has 8 heteroatoms. The zero-order valence-electron chi connectivity index (χ0n) is 41.0. The molecule has 2 aliphatic rings. The van der Waals surface area contributed by atoms with E-state index in [0.717, 1.165) is 114 Å². The van der Waals surface area contributed by atoms with Gasteiger partial charge in [-0.15, -0.1) is 0 Å². The highest BCUT2D eigenvalue weighted by Crippen LogP contribution is 2.63. The molecule has 352 valence electrons. The van der Waals surface area contributed by atoms with Gasteiger partial charge >= 0.3 is 0 Å². The SMILES string of the molecule is CC1(C)CC2(CC(C)(C)c3ccc(Oc4ccc5nc6c(cc5c4)c(-c4ccccc4)nn6-c4ccccc4)cc32)c2cc(Oc3ccc4nc5c(cc4c3)c(-c3ccccc3)nn5-c3ccccc3)ccc21. The molecule has 73 heavy (non-hydrogen) atoms. The highest BCUT2D eigenvalue weighted by Gasteiger charge is 2.56. The Morgan fingerprint density at radius 3 is 1.16 bits per heavy atom. The standard InChI is InChI=1S/C65H50N6O2/c1-63(2)39-65(55-37-49(25-29-53(55)63)72-47-27-31-57-43(33-47)35-51-59(41-17-9-5-10-18-41)68-70(61(51)66-57)45-21-13-7-14-22-45)40-64(3,4)54-30-26-50(38-56(54)65)73-48-28-32-58-44(34-48)36-52-60(42-19-11-6-12-20-42)69-71(62(52)67-58)46-23-15-8-16-24-46/h5-38H,39-40H2,1-4H3. The van der Waals surface area contributed by atoms with Crippen LogP contribution in [0.15, 0.2) is 206 Å². The molecule has 0 N–H and O–H groups in total. The van der Waals surface area contributed by atoms with Crippen LogP contribution < -0.4 is 9.47 Å². The van der Waals surface area contributed by atoms with E-state index < -0.39 is 0 Å². The number of para-hydroxylation sites is 2. The summed E-state index contributed by atoms with van der Waals surface area (Å²) in [6, 6.07) is 71.4. The van der Waals surface area contributed by atoms with Gasteiger partial charge in [0.25, 0.3) is 0 Å². The lowest BCUT2D eigenvalue weighted by molar-refractivity contribution is 0.349. The van der Waals surface area contributed by atoms with E-state index in [1.54, 1.807) is 0 Å². The summed E-state index contributed by atoms with van der Waals surface area (Å²) in [5.41, 5.74) is 14.2. The first-order chi connectivity index (χ1) is 35.6. The summed E-state index contributed by atoms with van der Waals surface area (Å²) in [6.07, 6.45) is 1.96. The molecule has 0 bridgehead atoms. The van der Waals surface area contributed by atoms with Gasteiger partial charge < -0.3 is 9.47 Å². The van der Waals surface area contributed by atoms with Crippen molar-refractivity contribution in [3.8, 4) is 56.9 Å². The second kappa shape index (κ2) is 16.1. The van der Waals surface area contributed by atoms with Gasteiger partial charge in [-0.1, -0.05) is 137 Å². The lowest BCUT2D eigenvalue weighted by Gasteiger charge is -2.30. The minimum absolute atomic E-state index is 0.0628. The van der Waals surface area contributed by atoms with Gasteiger partial charge in [-0.3, -0.25) is 0 Å². The summed E-state index contributed by atoms with van der Waals surface area (Å²) in [6.45, 7) is 9.56. The molecule has 0 amide bonds. The fourth-order valence-electron chi connectivity index (χ4n) is 12.3. The summed E-state index contributed by atoms with van der Waals surface area (Å²) in [4.78, 5) is 10.4. The summed E-state index contributed by atoms with van der Waals surface area (Å²) in [5.74, 6) is 3.14. The number of hydrogen-bond donors (Lipinski definition) is 0. The third-order valence-electron chi connectivity index (χ3n) is 15.4. The third kappa shape index (κ3) is 7.03. The number of ether oxygens (including phenoxy) is 2. The van der Waals surface area contributed by atoms with E-state index >= 15 is 0 Å². The Kier molecular flexibility index (Phi) is 9.45. The van der Waals surface area contributed by atoms with Crippen molar-refractivity contribution in [3.05, 3.63) is 229 Å². The predicted molar refractivity (Wildman–Crippen MR) is 293 cm³/mol. The summed E-state index contributed by atoms with van der Waals surface area (Å²) < 4.78 is 17.6. The molecule has 0 unspecified atom stereocenters. The summed E-state index contributed by atoms with van der Waals surface area (Å²) in [5, 5.41) is 14.2. The molecule has 0 radical (unpaired) electrons. The monoisotopic (exact) mass is 946 g/mol. The fourth-order valence-corrected chi connectivity index (χ4v) is 12.3. The van der Waals surface area contributed by atoms with Crippen LogP contribution in [0.5, 0.6) is 23.0 Å². The highest BCUT2D eigenvalue weighted by molar-refractivity contribution is 6.01. The van der Waals surface area contributed by atoms with Gasteiger partial charge in [-0.05, 0) is 143 Å². The molecule has 0 saturated carbocycles. The number of benzene rings is 8. The average Bonchev–Trinajstić information content (AvgIpc) is 4.11. The molecule has 4 aromatic heterocycles. The Balaban J connectivity index is 0.811. The molecule has 12 aromatic rings. The van der Waals surface area contributed by atoms with Crippen LogP contribution in [-0.4, -0.2) is 29.5 Å². The molecular formula is C65H50N6O2. The van der Waals surface area contributed by atoms with E-state index in [1.165, 1.54) is 22.3 Å². The first kappa shape index (κ1) is 43.0. The van der Waals surface area contributed by atoms with Crippen LogP contribution in [0.2, 0.25) is 0 Å². The second-order valence-corrected chi connectivity index (χ2v) is 21.2. The maximum atomic E-state index is 6.86. The lowest BCUT2D eigenvalue weighted by atomic mass is 9.72.